The molecular formula is C26H32FN7O4. The molecule has 1 aliphatic rings. The highest BCUT2D eigenvalue weighted by atomic mass is 19.1. The molecule has 0 atom stereocenters. The zero-order chi connectivity index (χ0) is 27.1. The van der Waals surface area contributed by atoms with Crippen LogP contribution in [0.4, 0.5) is 4.39 Å². The standard InChI is InChI=1S/C26H32FN7O4/c1-16-10-19(12-22(29-16)26(36)28-13-18-6-9-21(27)23(11-18)38-3)25-31-33-34(32-25)14-17-4-7-20(8-5-17)30-24(35)15-37-2/h6,9-12,17,20H,4-5,7-8,13-15H2,1-3H3,(H,28,36)(H,30,35)/t17-,20-. The zero-order valence-corrected chi connectivity index (χ0v) is 21.7. The molecule has 0 radical (unpaired) electrons. The minimum absolute atomic E-state index is 0.0763. The fourth-order valence-corrected chi connectivity index (χ4v) is 4.56. The second-order valence-corrected chi connectivity index (χ2v) is 9.42. The van der Waals surface area contributed by atoms with Crippen LogP contribution in [0, 0.1) is 18.7 Å². The van der Waals surface area contributed by atoms with Gasteiger partial charge >= 0.3 is 0 Å². The number of hydrogen-bond acceptors (Lipinski definition) is 8. The lowest BCUT2D eigenvalue weighted by Crippen LogP contribution is -2.39. The summed E-state index contributed by atoms with van der Waals surface area (Å²) in [6, 6.07) is 8.02. The van der Waals surface area contributed by atoms with E-state index in [1.54, 1.807) is 29.9 Å². The SMILES string of the molecule is COCC(=O)N[C@H]1CC[C@H](Cn2nnc(-c3cc(C)nc(C(=O)NCc4ccc(F)c(OC)c4)c3)n2)CC1. The number of aryl methyl sites for hydroxylation is 1. The molecule has 11 nitrogen and oxygen atoms in total. The molecule has 1 fully saturated rings. The number of tetrazole rings is 1. The van der Waals surface area contributed by atoms with Gasteiger partial charge in [-0.25, -0.2) is 9.37 Å². The molecule has 2 aromatic heterocycles. The van der Waals surface area contributed by atoms with Crippen molar-refractivity contribution in [2.75, 3.05) is 20.8 Å². The van der Waals surface area contributed by atoms with Crippen molar-refractivity contribution in [3.8, 4) is 17.1 Å². The van der Waals surface area contributed by atoms with E-state index < -0.39 is 5.82 Å². The van der Waals surface area contributed by atoms with Crippen molar-refractivity contribution in [2.24, 2.45) is 5.92 Å². The molecule has 2 N–H and O–H groups in total. The first kappa shape index (κ1) is 27.1. The summed E-state index contributed by atoms with van der Waals surface area (Å²) in [6.07, 6.45) is 3.70. The molecule has 0 aliphatic heterocycles. The number of rotatable bonds is 10. The van der Waals surface area contributed by atoms with Crippen molar-refractivity contribution >= 4 is 11.8 Å². The fourth-order valence-electron chi connectivity index (χ4n) is 4.56. The van der Waals surface area contributed by atoms with Gasteiger partial charge in [0.2, 0.25) is 11.7 Å². The van der Waals surface area contributed by atoms with E-state index >= 15 is 0 Å². The third-order valence-corrected chi connectivity index (χ3v) is 6.47. The maximum Gasteiger partial charge on any atom is 0.270 e. The second-order valence-electron chi connectivity index (χ2n) is 9.42. The monoisotopic (exact) mass is 525 g/mol. The molecule has 0 bridgehead atoms. The number of methoxy groups -OCH3 is 2. The highest BCUT2D eigenvalue weighted by Gasteiger charge is 2.24. The molecule has 4 rings (SSSR count). The van der Waals surface area contributed by atoms with Crippen LogP contribution < -0.4 is 15.4 Å². The predicted molar refractivity (Wildman–Crippen MR) is 136 cm³/mol. The summed E-state index contributed by atoms with van der Waals surface area (Å²) in [6.45, 7) is 2.68. The largest absolute Gasteiger partial charge is 0.494 e. The number of ether oxygens (including phenoxy) is 2. The van der Waals surface area contributed by atoms with E-state index in [0.29, 0.717) is 35.1 Å². The Morgan fingerprint density at radius 3 is 2.66 bits per heavy atom. The Morgan fingerprint density at radius 1 is 1.13 bits per heavy atom. The van der Waals surface area contributed by atoms with Gasteiger partial charge in [-0.1, -0.05) is 6.07 Å². The number of benzene rings is 1. The van der Waals surface area contributed by atoms with Gasteiger partial charge in [0.1, 0.15) is 12.3 Å². The van der Waals surface area contributed by atoms with E-state index in [-0.39, 0.29) is 42.5 Å². The van der Waals surface area contributed by atoms with E-state index in [2.05, 4.69) is 31.0 Å². The summed E-state index contributed by atoms with van der Waals surface area (Å²) < 4.78 is 23.5. The van der Waals surface area contributed by atoms with Crippen LogP contribution in [0.15, 0.2) is 30.3 Å². The van der Waals surface area contributed by atoms with Gasteiger partial charge in [0.05, 0.1) is 13.7 Å². The molecule has 1 saturated carbocycles. The number of carbonyl (C=O) groups excluding carboxylic acids is 2. The van der Waals surface area contributed by atoms with Crippen molar-refractivity contribution < 1.29 is 23.5 Å². The van der Waals surface area contributed by atoms with Gasteiger partial charge in [-0.3, -0.25) is 9.59 Å². The lowest BCUT2D eigenvalue weighted by molar-refractivity contribution is -0.125. The van der Waals surface area contributed by atoms with E-state index in [0.717, 1.165) is 25.7 Å². The first-order valence-electron chi connectivity index (χ1n) is 12.5. The first-order chi connectivity index (χ1) is 18.3. The van der Waals surface area contributed by atoms with Gasteiger partial charge in [-0.05, 0) is 73.6 Å². The number of carbonyl (C=O) groups is 2. The number of nitrogens with zero attached hydrogens (tertiary/aromatic N) is 5. The topological polar surface area (TPSA) is 133 Å². The third-order valence-electron chi connectivity index (χ3n) is 6.47. The molecule has 202 valence electrons. The number of aromatic nitrogens is 5. The van der Waals surface area contributed by atoms with Gasteiger partial charge in [0, 0.05) is 31.0 Å². The second kappa shape index (κ2) is 12.5. The molecule has 38 heavy (non-hydrogen) atoms. The van der Waals surface area contributed by atoms with E-state index in [9.17, 15) is 14.0 Å². The smallest absolute Gasteiger partial charge is 0.270 e. The van der Waals surface area contributed by atoms with Crippen molar-refractivity contribution in [1.82, 2.24) is 35.8 Å². The van der Waals surface area contributed by atoms with Gasteiger partial charge in [-0.2, -0.15) is 4.80 Å². The lowest BCUT2D eigenvalue weighted by atomic mass is 9.86. The Labute approximate surface area is 220 Å². The van der Waals surface area contributed by atoms with Crippen LogP contribution in [0.5, 0.6) is 5.75 Å². The van der Waals surface area contributed by atoms with Crippen LogP contribution in [0.3, 0.4) is 0 Å². The summed E-state index contributed by atoms with van der Waals surface area (Å²) in [4.78, 5) is 30.5. The zero-order valence-electron chi connectivity index (χ0n) is 21.7. The number of halogens is 1. The van der Waals surface area contributed by atoms with Crippen LogP contribution in [0.25, 0.3) is 11.4 Å². The molecule has 0 unspecified atom stereocenters. The molecule has 0 spiro atoms. The summed E-state index contributed by atoms with van der Waals surface area (Å²) >= 11 is 0. The molecule has 3 aromatic rings. The Kier molecular flexibility index (Phi) is 8.95. The molecule has 1 aromatic carbocycles. The van der Waals surface area contributed by atoms with Crippen molar-refractivity contribution in [1.29, 1.82) is 0 Å². The summed E-state index contributed by atoms with van der Waals surface area (Å²) in [7, 11) is 2.90. The van der Waals surface area contributed by atoms with Crippen molar-refractivity contribution in [2.45, 2.75) is 51.7 Å². The highest BCUT2D eigenvalue weighted by molar-refractivity contribution is 5.93. The molecule has 2 heterocycles. The quantitative estimate of drug-likeness (QED) is 0.412. The summed E-state index contributed by atoms with van der Waals surface area (Å²) in [5.74, 6) is -0.0162. The van der Waals surface area contributed by atoms with Gasteiger partial charge in [0.15, 0.2) is 11.6 Å². The molecule has 12 heteroatoms. The van der Waals surface area contributed by atoms with Crippen molar-refractivity contribution in [3.63, 3.8) is 0 Å². The van der Waals surface area contributed by atoms with E-state index in [1.165, 1.54) is 26.4 Å². The minimum Gasteiger partial charge on any atom is -0.494 e. The van der Waals surface area contributed by atoms with Crippen molar-refractivity contribution in [3.05, 3.63) is 53.1 Å². The van der Waals surface area contributed by atoms with Crippen LogP contribution >= 0.6 is 0 Å². The van der Waals surface area contributed by atoms with Crippen LogP contribution in [-0.2, 0) is 22.6 Å². The van der Waals surface area contributed by atoms with Crippen LogP contribution in [0.2, 0.25) is 0 Å². The Bertz CT molecular complexity index is 1270. The Balaban J connectivity index is 1.35. The van der Waals surface area contributed by atoms with Crippen LogP contribution in [-0.4, -0.2) is 63.9 Å². The molecule has 0 saturated heterocycles. The number of nitrogens with one attached hydrogen (secondary N) is 2. The van der Waals surface area contributed by atoms with Crippen LogP contribution in [0.1, 0.15) is 47.4 Å². The number of hydrogen-bond donors (Lipinski definition) is 2. The van der Waals surface area contributed by atoms with E-state index in [1.807, 2.05) is 0 Å². The minimum atomic E-state index is -0.466. The highest BCUT2D eigenvalue weighted by Crippen LogP contribution is 2.26. The maximum atomic E-state index is 13.6. The summed E-state index contributed by atoms with van der Waals surface area (Å²) in [5, 5.41) is 18.7. The third kappa shape index (κ3) is 7.09. The first-order valence-corrected chi connectivity index (χ1v) is 12.5. The van der Waals surface area contributed by atoms with Gasteiger partial charge < -0.3 is 20.1 Å². The summed E-state index contributed by atoms with van der Waals surface area (Å²) in [5.41, 5.74) is 2.20. The maximum absolute atomic E-state index is 13.6. The predicted octanol–water partition coefficient (Wildman–Crippen LogP) is 2.44. The average molecular weight is 526 g/mol. The molecule has 2 amide bonds. The lowest BCUT2D eigenvalue weighted by Gasteiger charge is -2.28. The van der Waals surface area contributed by atoms with Gasteiger partial charge in [-0.15, -0.1) is 10.2 Å². The fraction of sp³-hybridized carbons (Fsp3) is 0.462. The normalized spacial score (nSPS) is 17.2. The Morgan fingerprint density at radius 2 is 1.92 bits per heavy atom. The Hall–Kier alpha value is -3.93. The number of pyridine rings is 1. The van der Waals surface area contributed by atoms with E-state index in [4.69, 9.17) is 9.47 Å². The number of amides is 2. The van der Waals surface area contributed by atoms with Gasteiger partial charge in [0.25, 0.3) is 5.91 Å². The average Bonchev–Trinajstić information content (AvgIpc) is 3.37. The molecule has 1 aliphatic carbocycles. The molecular weight excluding hydrogens is 493 g/mol.